The molecule has 0 saturated carbocycles. The molecular weight excluding hydrogens is 358 g/mol. The van der Waals surface area contributed by atoms with Crippen molar-refractivity contribution in [1.82, 2.24) is 5.32 Å². The predicted molar refractivity (Wildman–Crippen MR) is 37.2 cm³/mol. The summed E-state index contributed by atoms with van der Waals surface area (Å²) in [6, 6.07) is 0. The van der Waals surface area contributed by atoms with Gasteiger partial charge in [0, 0.05) is 5.03 Å². The van der Waals surface area contributed by atoms with Crippen molar-refractivity contribution in [1.29, 1.82) is 0 Å². The van der Waals surface area contributed by atoms with Crippen LogP contribution >= 0.6 is 11.8 Å². The van der Waals surface area contributed by atoms with Crippen molar-refractivity contribution in [2.75, 3.05) is 0 Å². The first-order valence-corrected chi connectivity index (χ1v) is 2.72. The molecule has 0 saturated heterocycles. The fourth-order valence-electron chi connectivity index (χ4n) is 0.278. The maximum atomic E-state index is 5.33. The Morgan fingerprint density at radius 1 is 1.67 bits per heavy atom. The SMILES string of the molecule is NC1=CN[C-]=CS1.[CH3-].[U+2]. The number of rotatable bonds is 0. The summed E-state index contributed by atoms with van der Waals surface area (Å²) in [5, 5.41) is 5.27. The van der Waals surface area contributed by atoms with Crippen molar-refractivity contribution < 1.29 is 31.1 Å². The van der Waals surface area contributed by atoms with Crippen molar-refractivity contribution >= 4 is 11.8 Å². The largest absolute Gasteiger partial charge is 2.00 e. The molecule has 0 unspecified atom stereocenters. The van der Waals surface area contributed by atoms with Crippen LogP contribution in [0.2, 0.25) is 0 Å². The van der Waals surface area contributed by atoms with E-state index in [9.17, 15) is 0 Å². The average molecular weight is 366 g/mol. The maximum Gasteiger partial charge on any atom is 2.00 e. The van der Waals surface area contributed by atoms with E-state index < -0.39 is 0 Å². The van der Waals surface area contributed by atoms with E-state index in [1.807, 2.05) is 0 Å². The van der Waals surface area contributed by atoms with Crippen molar-refractivity contribution in [3.05, 3.63) is 30.3 Å². The molecule has 0 fully saturated rings. The van der Waals surface area contributed by atoms with Gasteiger partial charge in [0.2, 0.25) is 0 Å². The molecular formula is C5H8N2SU. The van der Waals surface area contributed by atoms with Gasteiger partial charge < -0.3 is 18.5 Å². The van der Waals surface area contributed by atoms with E-state index in [-0.39, 0.29) is 38.5 Å². The summed E-state index contributed by atoms with van der Waals surface area (Å²) < 4.78 is 0. The molecule has 2 nitrogen and oxygen atoms in total. The molecule has 0 atom stereocenters. The van der Waals surface area contributed by atoms with Crippen molar-refractivity contribution in [2.45, 2.75) is 0 Å². The molecule has 0 aliphatic carbocycles. The van der Waals surface area contributed by atoms with Crippen LogP contribution in [0.25, 0.3) is 0 Å². The molecule has 0 aromatic rings. The summed E-state index contributed by atoms with van der Waals surface area (Å²) in [7, 11) is 0. The van der Waals surface area contributed by atoms with Gasteiger partial charge in [0.1, 0.15) is 0 Å². The number of hydrogen-bond donors (Lipinski definition) is 2. The molecule has 4 heteroatoms. The van der Waals surface area contributed by atoms with Crippen LogP contribution in [0.4, 0.5) is 0 Å². The van der Waals surface area contributed by atoms with E-state index in [0.29, 0.717) is 0 Å². The second kappa shape index (κ2) is 6.60. The Balaban J connectivity index is 0. The standard InChI is InChI=1S/C4H5N2S.CH3.U/c5-4-3-6-1-2-7-4;;/h2-3,6H,5H2;1H3;/q2*-1;+2. The van der Waals surface area contributed by atoms with Gasteiger partial charge >= 0.3 is 31.1 Å². The van der Waals surface area contributed by atoms with Crippen LogP contribution in [0, 0.1) is 44.7 Å². The van der Waals surface area contributed by atoms with Crippen molar-refractivity contribution in [3.8, 4) is 0 Å². The van der Waals surface area contributed by atoms with Gasteiger partial charge in [-0.2, -0.15) is 6.20 Å². The van der Waals surface area contributed by atoms with Gasteiger partial charge in [-0.25, -0.2) is 0 Å². The maximum absolute atomic E-state index is 5.33. The van der Waals surface area contributed by atoms with Crippen LogP contribution in [0.3, 0.4) is 0 Å². The van der Waals surface area contributed by atoms with E-state index in [1.54, 1.807) is 11.6 Å². The van der Waals surface area contributed by atoms with Gasteiger partial charge in [-0.3, -0.25) is 0 Å². The van der Waals surface area contributed by atoms with E-state index in [2.05, 4.69) is 11.5 Å². The van der Waals surface area contributed by atoms with Crippen LogP contribution in [0.15, 0.2) is 16.6 Å². The minimum atomic E-state index is 0. The van der Waals surface area contributed by atoms with Gasteiger partial charge in [0.25, 0.3) is 0 Å². The minimum Gasteiger partial charge on any atom is -0.527 e. The van der Waals surface area contributed by atoms with E-state index in [1.165, 1.54) is 11.8 Å². The summed E-state index contributed by atoms with van der Waals surface area (Å²) in [4.78, 5) is 0. The van der Waals surface area contributed by atoms with Gasteiger partial charge in [0.15, 0.2) is 0 Å². The Morgan fingerprint density at radius 2 is 2.33 bits per heavy atom. The fourth-order valence-corrected chi connectivity index (χ4v) is 0.668. The normalized spacial score (nSPS) is 14.0. The first-order valence-electron chi connectivity index (χ1n) is 1.84. The van der Waals surface area contributed by atoms with E-state index >= 15 is 0 Å². The van der Waals surface area contributed by atoms with Crippen molar-refractivity contribution in [2.24, 2.45) is 5.73 Å². The number of nitrogens with two attached hydrogens (primary N) is 1. The zero-order valence-corrected chi connectivity index (χ0v) is 10.1. The monoisotopic (exact) mass is 366 g/mol. The van der Waals surface area contributed by atoms with E-state index in [4.69, 9.17) is 5.73 Å². The smallest absolute Gasteiger partial charge is 0.527 e. The van der Waals surface area contributed by atoms with Crippen LogP contribution < -0.4 is 11.1 Å². The third-order valence-electron chi connectivity index (χ3n) is 0.552. The zero-order chi connectivity index (χ0) is 5.11. The first-order chi connectivity index (χ1) is 3.39. The molecule has 48 valence electrons. The third kappa shape index (κ3) is 4.95. The van der Waals surface area contributed by atoms with Crippen LogP contribution in [-0.2, 0) is 0 Å². The summed E-state index contributed by atoms with van der Waals surface area (Å²) in [6.07, 6.45) is 4.45. The molecule has 1 heterocycles. The summed E-state index contributed by atoms with van der Waals surface area (Å²) in [5.41, 5.74) is 5.33. The Bertz CT molecular complexity index is 122. The van der Waals surface area contributed by atoms with Crippen LogP contribution in [-0.4, -0.2) is 0 Å². The van der Waals surface area contributed by atoms with Gasteiger partial charge in [-0.05, 0) is 0 Å². The molecule has 3 N–H and O–H groups in total. The van der Waals surface area contributed by atoms with Crippen molar-refractivity contribution in [3.63, 3.8) is 0 Å². The fraction of sp³-hybridized carbons (Fsp3) is 0. The number of nitrogens with one attached hydrogen (secondary N) is 1. The molecule has 0 radical (unpaired) electrons. The van der Waals surface area contributed by atoms with Gasteiger partial charge in [-0.1, -0.05) is 5.41 Å². The van der Waals surface area contributed by atoms with E-state index in [0.717, 1.165) is 5.03 Å². The molecule has 1 rings (SSSR count). The van der Waals surface area contributed by atoms with Gasteiger partial charge in [-0.15, -0.1) is 18.0 Å². The Labute approximate surface area is 83.7 Å². The molecule has 0 aromatic heterocycles. The topological polar surface area (TPSA) is 38.0 Å². The first kappa shape index (κ1) is 12.2. The minimum absolute atomic E-state index is 0. The average Bonchev–Trinajstić information content (AvgIpc) is 1.69. The summed E-state index contributed by atoms with van der Waals surface area (Å²) in [6.45, 7) is 0. The van der Waals surface area contributed by atoms with Crippen LogP contribution in [0.5, 0.6) is 0 Å². The summed E-state index contributed by atoms with van der Waals surface area (Å²) >= 11 is 1.46. The Kier molecular flexibility index (Phi) is 8.94. The van der Waals surface area contributed by atoms with Gasteiger partial charge in [0.05, 0.1) is 0 Å². The quantitative estimate of drug-likeness (QED) is 0.623. The molecule has 0 aromatic carbocycles. The second-order valence-corrected chi connectivity index (χ2v) is 2.01. The number of hydrogen-bond acceptors (Lipinski definition) is 3. The summed E-state index contributed by atoms with van der Waals surface area (Å²) in [5.74, 6) is 0. The molecule has 0 bridgehead atoms. The molecule has 1 aliphatic heterocycles. The van der Waals surface area contributed by atoms with Crippen LogP contribution in [0.1, 0.15) is 0 Å². The molecule has 0 spiro atoms. The number of thioether (sulfide) groups is 1. The Hall–Kier alpha value is 0.482. The molecule has 1 aliphatic rings. The second-order valence-electron chi connectivity index (χ2n) is 1.07. The predicted octanol–water partition coefficient (Wildman–Crippen LogP) is 0.805. The Morgan fingerprint density at radius 3 is 2.56 bits per heavy atom. The third-order valence-corrected chi connectivity index (χ3v) is 1.18. The molecule has 9 heavy (non-hydrogen) atoms. The zero-order valence-electron chi connectivity index (χ0n) is 5.14. The molecule has 0 amide bonds.